The highest BCUT2D eigenvalue weighted by atomic mass is 79.9. The fourth-order valence-electron chi connectivity index (χ4n) is 2.99. The monoisotopic (exact) mass is 293 g/mol. The minimum absolute atomic E-state index is 0.589. The molecule has 1 unspecified atom stereocenters. The van der Waals surface area contributed by atoms with E-state index in [0.29, 0.717) is 11.5 Å². The Hall–Kier alpha value is -0.340. The van der Waals surface area contributed by atoms with E-state index in [1.807, 2.05) is 0 Å². The molecule has 2 aliphatic carbocycles. The van der Waals surface area contributed by atoms with Gasteiger partial charge < -0.3 is 5.32 Å². The largest absolute Gasteiger partial charge is 0.309 e. The van der Waals surface area contributed by atoms with Gasteiger partial charge in [-0.25, -0.2) is 0 Å². The number of halogens is 1. The predicted octanol–water partition coefficient (Wildman–Crippen LogP) is 4.22. The molecule has 1 N–H and O–H groups in total. The molecule has 17 heavy (non-hydrogen) atoms. The fraction of sp³-hybridized carbons (Fsp3) is 0.600. The summed E-state index contributed by atoms with van der Waals surface area (Å²) < 4.78 is 1.29. The van der Waals surface area contributed by atoms with Crippen molar-refractivity contribution in [3.05, 3.63) is 33.8 Å². The highest BCUT2D eigenvalue weighted by Gasteiger charge is 2.41. The van der Waals surface area contributed by atoms with Crippen molar-refractivity contribution in [1.29, 1.82) is 0 Å². The zero-order chi connectivity index (χ0) is 11.9. The van der Waals surface area contributed by atoms with E-state index in [1.54, 1.807) is 0 Å². The van der Waals surface area contributed by atoms with Crippen LogP contribution in [-0.4, -0.2) is 6.54 Å². The Balaban J connectivity index is 1.69. The van der Waals surface area contributed by atoms with Gasteiger partial charge in [0.2, 0.25) is 0 Å². The first kappa shape index (κ1) is 11.7. The molecule has 1 atom stereocenters. The van der Waals surface area contributed by atoms with E-state index < -0.39 is 0 Å². The zero-order valence-corrected chi connectivity index (χ0v) is 12.0. The Morgan fingerprint density at radius 2 is 2.24 bits per heavy atom. The van der Waals surface area contributed by atoms with E-state index in [-0.39, 0.29) is 0 Å². The van der Waals surface area contributed by atoms with Crippen LogP contribution in [0.15, 0.2) is 22.7 Å². The van der Waals surface area contributed by atoms with Gasteiger partial charge >= 0.3 is 0 Å². The molecule has 0 spiro atoms. The second kappa shape index (κ2) is 4.40. The van der Waals surface area contributed by atoms with Crippen molar-refractivity contribution in [3.8, 4) is 0 Å². The first-order valence-corrected chi connectivity index (χ1v) is 7.54. The highest BCUT2D eigenvalue weighted by molar-refractivity contribution is 9.10. The van der Waals surface area contributed by atoms with Crippen LogP contribution in [0.4, 0.5) is 0 Å². The number of rotatable bonds is 4. The molecule has 0 aromatic heterocycles. The first-order valence-electron chi connectivity index (χ1n) is 6.75. The number of hydrogen-bond donors (Lipinski definition) is 1. The van der Waals surface area contributed by atoms with Crippen LogP contribution in [0, 0.1) is 5.41 Å². The van der Waals surface area contributed by atoms with Crippen molar-refractivity contribution in [1.82, 2.24) is 5.32 Å². The molecule has 0 saturated heterocycles. The van der Waals surface area contributed by atoms with Gasteiger partial charge in [-0.2, -0.15) is 0 Å². The molecule has 2 heteroatoms. The molecule has 0 radical (unpaired) electrons. The molecule has 3 rings (SSSR count). The van der Waals surface area contributed by atoms with E-state index >= 15 is 0 Å². The minimum Gasteiger partial charge on any atom is -0.309 e. The molecule has 1 aromatic carbocycles. The Morgan fingerprint density at radius 1 is 1.41 bits per heavy atom. The molecule has 0 amide bonds. The quantitative estimate of drug-likeness (QED) is 0.877. The second-order valence-electron chi connectivity index (χ2n) is 5.63. The molecule has 92 valence electrons. The Kier molecular flexibility index (Phi) is 3.04. The predicted molar refractivity (Wildman–Crippen MR) is 75.2 cm³/mol. The first-order chi connectivity index (χ1) is 8.24. The molecule has 1 nitrogen and oxygen atoms in total. The number of hydrogen-bond acceptors (Lipinski definition) is 1. The maximum absolute atomic E-state index is 3.80. The molecule has 0 aliphatic heterocycles. The lowest BCUT2D eigenvalue weighted by molar-refractivity contribution is 0.403. The zero-order valence-electron chi connectivity index (χ0n) is 10.4. The van der Waals surface area contributed by atoms with Gasteiger partial charge in [-0.15, -0.1) is 0 Å². The SMILES string of the molecule is CCC1(CNC2CCc3c(Br)cccc32)CC1. The van der Waals surface area contributed by atoms with Gasteiger partial charge in [-0.05, 0) is 54.7 Å². The second-order valence-corrected chi connectivity index (χ2v) is 6.49. The summed E-state index contributed by atoms with van der Waals surface area (Å²) in [6.07, 6.45) is 6.66. The summed E-state index contributed by atoms with van der Waals surface area (Å²) in [7, 11) is 0. The fourth-order valence-corrected chi connectivity index (χ4v) is 3.57. The third kappa shape index (κ3) is 2.17. The Bertz CT molecular complexity index is 423. The average molecular weight is 294 g/mol. The number of fused-ring (bicyclic) bond motifs is 1. The van der Waals surface area contributed by atoms with Gasteiger partial charge in [0.05, 0.1) is 0 Å². The van der Waals surface area contributed by atoms with Gasteiger partial charge in [0.15, 0.2) is 0 Å². The third-order valence-corrected chi connectivity index (χ3v) is 5.39. The van der Waals surface area contributed by atoms with Crippen LogP contribution < -0.4 is 5.32 Å². The summed E-state index contributed by atoms with van der Waals surface area (Å²) in [5.74, 6) is 0. The molecular formula is C15H20BrN. The van der Waals surface area contributed by atoms with Crippen LogP contribution >= 0.6 is 15.9 Å². The van der Waals surface area contributed by atoms with Crippen molar-refractivity contribution in [2.45, 2.75) is 45.1 Å². The smallest absolute Gasteiger partial charge is 0.0326 e. The summed E-state index contributed by atoms with van der Waals surface area (Å²) in [6, 6.07) is 7.20. The van der Waals surface area contributed by atoms with Crippen LogP contribution in [0.25, 0.3) is 0 Å². The third-order valence-electron chi connectivity index (χ3n) is 4.64. The van der Waals surface area contributed by atoms with E-state index in [0.717, 1.165) is 0 Å². The summed E-state index contributed by atoms with van der Waals surface area (Å²) in [5.41, 5.74) is 3.69. The molecule has 1 saturated carbocycles. The van der Waals surface area contributed by atoms with Gasteiger partial charge in [-0.3, -0.25) is 0 Å². The van der Waals surface area contributed by atoms with E-state index in [9.17, 15) is 0 Å². The minimum atomic E-state index is 0.589. The van der Waals surface area contributed by atoms with Crippen LogP contribution in [0.3, 0.4) is 0 Å². The number of benzene rings is 1. The lowest BCUT2D eigenvalue weighted by atomic mass is 10.0. The molecule has 0 heterocycles. The molecule has 2 aliphatic rings. The maximum Gasteiger partial charge on any atom is 0.0326 e. The van der Waals surface area contributed by atoms with E-state index in [2.05, 4.69) is 46.4 Å². The van der Waals surface area contributed by atoms with Crippen LogP contribution in [-0.2, 0) is 6.42 Å². The van der Waals surface area contributed by atoms with Crippen LogP contribution in [0.5, 0.6) is 0 Å². The van der Waals surface area contributed by atoms with Gasteiger partial charge in [0.25, 0.3) is 0 Å². The van der Waals surface area contributed by atoms with Crippen molar-refractivity contribution in [3.63, 3.8) is 0 Å². The lowest BCUT2D eigenvalue weighted by Gasteiger charge is -2.19. The number of nitrogens with one attached hydrogen (secondary N) is 1. The Labute approximate surface area is 112 Å². The van der Waals surface area contributed by atoms with Gasteiger partial charge in [0, 0.05) is 17.1 Å². The summed E-state index contributed by atoms with van der Waals surface area (Å²) in [5, 5.41) is 3.80. The summed E-state index contributed by atoms with van der Waals surface area (Å²) in [6.45, 7) is 3.54. The standard InChI is InChI=1S/C15H20BrN/c1-2-15(8-9-15)10-17-14-7-6-11-12(14)4-3-5-13(11)16/h3-5,14,17H,2,6-10H2,1H3. The summed E-state index contributed by atoms with van der Waals surface area (Å²) >= 11 is 3.66. The average Bonchev–Trinajstić information content (AvgIpc) is 3.01. The molecule has 1 fully saturated rings. The summed E-state index contributed by atoms with van der Waals surface area (Å²) in [4.78, 5) is 0. The normalized spacial score (nSPS) is 24.7. The molecular weight excluding hydrogens is 274 g/mol. The highest BCUT2D eigenvalue weighted by Crippen LogP contribution is 2.48. The molecule has 0 bridgehead atoms. The lowest BCUT2D eigenvalue weighted by Crippen LogP contribution is -2.26. The molecule has 1 aromatic rings. The van der Waals surface area contributed by atoms with E-state index in [1.165, 1.54) is 54.2 Å². The van der Waals surface area contributed by atoms with E-state index in [4.69, 9.17) is 0 Å². The van der Waals surface area contributed by atoms with Crippen LogP contribution in [0.1, 0.15) is 49.8 Å². The van der Waals surface area contributed by atoms with Crippen molar-refractivity contribution >= 4 is 15.9 Å². The van der Waals surface area contributed by atoms with Crippen molar-refractivity contribution in [2.75, 3.05) is 6.54 Å². The maximum atomic E-state index is 3.80. The topological polar surface area (TPSA) is 12.0 Å². The van der Waals surface area contributed by atoms with Crippen molar-refractivity contribution < 1.29 is 0 Å². The van der Waals surface area contributed by atoms with Gasteiger partial charge in [0.1, 0.15) is 0 Å². The Morgan fingerprint density at radius 3 is 2.94 bits per heavy atom. The van der Waals surface area contributed by atoms with Crippen LogP contribution in [0.2, 0.25) is 0 Å². The van der Waals surface area contributed by atoms with Gasteiger partial charge in [-0.1, -0.05) is 35.0 Å². The van der Waals surface area contributed by atoms with Crippen molar-refractivity contribution in [2.24, 2.45) is 5.41 Å².